The summed E-state index contributed by atoms with van der Waals surface area (Å²) in [5, 5.41) is 4.09. The highest BCUT2D eigenvalue weighted by molar-refractivity contribution is 7.89. The maximum Gasteiger partial charge on any atom is 0.242 e. The number of sulfonamides is 1. The Hall–Kier alpha value is -0.360. The Labute approximate surface area is 84.3 Å². The van der Waals surface area contributed by atoms with E-state index in [-0.39, 0.29) is 10.0 Å². The van der Waals surface area contributed by atoms with Gasteiger partial charge in [-0.1, -0.05) is 23.2 Å². The predicted molar refractivity (Wildman–Crippen MR) is 47.8 cm³/mol. The van der Waals surface area contributed by atoms with Crippen LogP contribution in [0.5, 0.6) is 0 Å². The number of halogens is 3. The Morgan fingerprint density at radius 2 is 1.69 bits per heavy atom. The van der Waals surface area contributed by atoms with E-state index in [1.807, 2.05) is 0 Å². The van der Waals surface area contributed by atoms with Gasteiger partial charge in [0.15, 0.2) is 5.82 Å². The molecule has 0 amide bonds. The fraction of sp³-hybridized carbons (Fsp3) is 0. The molecule has 0 spiro atoms. The first-order chi connectivity index (χ1) is 5.84. The van der Waals surface area contributed by atoms with Crippen molar-refractivity contribution >= 4 is 33.2 Å². The molecule has 13 heavy (non-hydrogen) atoms. The molecule has 1 aromatic carbocycles. The number of rotatable bonds is 1. The third kappa shape index (κ3) is 2.11. The molecule has 0 heterocycles. The molecule has 0 saturated carbocycles. The molecule has 0 aliphatic carbocycles. The molecule has 0 aromatic heterocycles. The molecule has 0 unspecified atom stereocenters. The topological polar surface area (TPSA) is 60.2 Å². The summed E-state index contributed by atoms with van der Waals surface area (Å²) >= 11 is 10.8. The number of nitrogens with two attached hydrogens (primary N) is 1. The smallest absolute Gasteiger partial charge is 0.224 e. The van der Waals surface area contributed by atoms with Crippen LogP contribution in [0.25, 0.3) is 0 Å². The van der Waals surface area contributed by atoms with Gasteiger partial charge in [-0.15, -0.1) is 0 Å². The van der Waals surface area contributed by atoms with Crippen LogP contribution in [-0.4, -0.2) is 8.42 Å². The molecule has 72 valence electrons. The van der Waals surface area contributed by atoms with Gasteiger partial charge in [-0.2, -0.15) is 0 Å². The highest BCUT2D eigenvalue weighted by Gasteiger charge is 2.20. The predicted octanol–water partition coefficient (Wildman–Crippen LogP) is 1.78. The van der Waals surface area contributed by atoms with E-state index in [4.69, 9.17) is 28.3 Å². The van der Waals surface area contributed by atoms with Crippen LogP contribution in [0.15, 0.2) is 17.0 Å². The quantitative estimate of drug-likeness (QED) is 0.765. The third-order valence-electron chi connectivity index (χ3n) is 1.29. The lowest BCUT2D eigenvalue weighted by Gasteiger charge is -2.03. The maximum absolute atomic E-state index is 13.1. The van der Waals surface area contributed by atoms with Gasteiger partial charge in [-0.05, 0) is 12.1 Å². The van der Waals surface area contributed by atoms with Crippen LogP contribution in [0.1, 0.15) is 0 Å². The minimum absolute atomic E-state index is 0.288. The van der Waals surface area contributed by atoms with E-state index in [9.17, 15) is 12.8 Å². The van der Waals surface area contributed by atoms with Crippen LogP contribution in [0.3, 0.4) is 0 Å². The maximum atomic E-state index is 13.1. The van der Waals surface area contributed by atoms with E-state index in [1.54, 1.807) is 0 Å². The van der Waals surface area contributed by atoms with Crippen LogP contribution in [0.2, 0.25) is 10.0 Å². The van der Waals surface area contributed by atoms with Crippen molar-refractivity contribution in [3.63, 3.8) is 0 Å². The van der Waals surface area contributed by atoms with Gasteiger partial charge in [0, 0.05) is 0 Å². The largest absolute Gasteiger partial charge is 0.242 e. The lowest BCUT2D eigenvalue weighted by Crippen LogP contribution is -2.14. The second-order valence-corrected chi connectivity index (χ2v) is 4.53. The summed E-state index contributed by atoms with van der Waals surface area (Å²) in [4.78, 5) is -0.776. The van der Waals surface area contributed by atoms with Gasteiger partial charge >= 0.3 is 0 Å². The van der Waals surface area contributed by atoms with E-state index in [1.165, 1.54) is 0 Å². The Kier molecular flexibility index (Phi) is 2.82. The summed E-state index contributed by atoms with van der Waals surface area (Å²) in [7, 11) is -4.18. The lowest BCUT2D eigenvalue weighted by molar-refractivity contribution is 0.568. The minimum atomic E-state index is -4.18. The molecule has 0 aliphatic rings. The van der Waals surface area contributed by atoms with E-state index in [0.717, 1.165) is 12.1 Å². The highest BCUT2D eigenvalue weighted by atomic mass is 35.5. The standard InChI is InChI=1S/C6H4Cl2FNO2S/c7-3-1-2-4(8)6(5(3)9)13(10,11)12/h1-2H,(H2,10,11,12). The lowest BCUT2D eigenvalue weighted by atomic mass is 10.3. The van der Waals surface area contributed by atoms with Gasteiger partial charge < -0.3 is 0 Å². The third-order valence-corrected chi connectivity index (χ3v) is 2.97. The van der Waals surface area contributed by atoms with Gasteiger partial charge in [0.2, 0.25) is 10.0 Å². The first-order valence-electron chi connectivity index (χ1n) is 3.00. The molecule has 1 rings (SSSR count). The molecule has 7 heteroatoms. The molecular formula is C6H4Cl2FNO2S. The molecule has 0 aliphatic heterocycles. The summed E-state index contributed by atoms with van der Waals surface area (Å²) < 4.78 is 34.7. The Morgan fingerprint density at radius 3 is 2.08 bits per heavy atom. The van der Waals surface area contributed by atoms with Crippen molar-refractivity contribution in [2.45, 2.75) is 4.90 Å². The van der Waals surface area contributed by atoms with Gasteiger partial charge in [-0.25, -0.2) is 17.9 Å². The number of hydrogen-bond acceptors (Lipinski definition) is 2. The number of benzene rings is 1. The van der Waals surface area contributed by atoms with Gasteiger partial charge in [0.1, 0.15) is 4.90 Å². The van der Waals surface area contributed by atoms with Crippen molar-refractivity contribution in [1.82, 2.24) is 0 Å². The second-order valence-electron chi connectivity index (χ2n) is 2.22. The molecule has 0 atom stereocenters. The monoisotopic (exact) mass is 243 g/mol. The molecule has 3 nitrogen and oxygen atoms in total. The van der Waals surface area contributed by atoms with Crippen LogP contribution in [-0.2, 0) is 10.0 Å². The molecular weight excluding hydrogens is 240 g/mol. The number of hydrogen-bond donors (Lipinski definition) is 1. The summed E-state index contributed by atoms with van der Waals surface area (Å²) in [6.07, 6.45) is 0. The van der Waals surface area contributed by atoms with Crippen LogP contribution in [0, 0.1) is 5.82 Å². The van der Waals surface area contributed by atoms with E-state index in [2.05, 4.69) is 0 Å². The normalized spacial score (nSPS) is 11.7. The minimum Gasteiger partial charge on any atom is -0.224 e. The Balaban J connectivity index is 3.62. The zero-order chi connectivity index (χ0) is 10.2. The first-order valence-corrected chi connectivity index (χ1v) is 5.30. The average Bonchev–Trinajstić information content (AvgIpc) is 1.95. The van der Waals surface area contributed by atoms with Gasteiger partial charge in [-0.3, -0.25) is 0 Å². The first kappa shape index (κ1) is 10.7. The molecule has 0 bridgehead atoms. The van der Waals surface area contributed by atoms with E-state index < -0.39 is 20.7 Å². The fourth-order valence-corrected chi connectivity index (χ4v) is 2.15. The van der Waals surface area contributed by atoms with Crippen molar-refractivity contribution in [2.24, 2.45) is 5.14 Å². The zero-order valence-corrected chi connectivity index (χ0v) is 8.42. The zero-order valence-electron chi connectivity index (χ0n) is 6.09. The van der Waals surface area contributed by atoms with Crippen molar-refractivity contribution in [1.29, 1.82) is 0 Å². The fourth-order valence-electron chi connectivity index (χ4n) is 0.769. The van der Waals surface area contributed by atoms with Crippen molar-refractivity contribution < 1.29 is 12.8 Å². The van der Waals surface area contributed by atoms with Crippen LogP contribution >= 0.6 is 23.2 Å². The van der Waals surface area contributed by atoms with E-state index >= 15 is 0 Å². The Bertz CT molecular complexity index is 446. The van der Waals surface area contributed by atoms with Gasteiger partial charge in [0.05, 0.1) is 10.0 Å². The summed E-state index contributed by atoms with van der Waals surface area (Å²) in [5.41, 5.74) is 0. The molecule has 0 fully saturated rings. The Morgan fingerprint density at radius 1 is 1.23 bits per heavy atom. The van der Waals surface area contributed by atoms with E-state index in [0.29, 0.717) is 0 Å². The summed E-state index contributed by atoms with van der Waals surface area (Å²) in [5.74, 6) is -1.13. The SMILES string of the molecule is NS(=O)(=O)c1c(Cl)ccc(Cl)c1F. The molecule has 1 aromatic rings. The van der Waals surface area contributed by atoms with Crippen molar-refractivity contribution in [2.75, 3.05) is 0 Å². The van der Waals surface area contributed by atoms with Gasteiger partial charge in [0.25, 0.3) is 0 Å². The second kappa shape index (κ2) is 3.42. The molecule has 2 N–H and O–H groups in total. The molecule has 0 radical (unpaired) electrons. The van der Waals surface area contributed by atoms with Crippen molar-refractivity contribution in [3.05, 3.63) is 28.0 Å². The highest BCUT2D eigenvalue weighted by Crippen LogP contribution is 2.28. The summed E-state index contributed by atoms with van der Waals surface area (Å²) in [6.45, 7) is 0. The number of primary sulfonamides is 1. The summed E-state index contributed by atoms with van der Waals surface area (Å²) in [6, 6.07) is 2.31. The van der Waals surface area contributed by atoms with Crippen molar-refractivity contribution in [3.8, 4) is 0 Å². The average molecular weight is 244 g/mol. The van der Waals surface area contributed by atoms with Crippen LogP contribution < -0.4 is 5.14 Å². The molecule has 0 saturated heterocycles. The van der Waals surface area contributed by atoms with Crippen LogP contribution in [0.4, 0.5) is 4.39 Å².